The molecule has 2 bridgehead atoms. The summed E-state index contributed by atoms with van der Waals surface area (Å²) in [5.41, 5.74) is -0.0855. The van der Waals surface area contributed by atoms with Crippen molar-refractivity contribution in [1.29, 1.82) is 0 Å². The zero-order valence-corrected chi connectivity index (χ0v) is 17.9. The van der Waals surface area contributed by atoms with Crippen molar-refractivity contribution in [3.05, 3.63) is 36.4 Å². The minimum absolute atomic E-state index is 0.0691. The van der Waals surface area contributed by atoms with Crippen molar-refractivity contribution in [3.8, 4) is 5.75 Å². The molecule has 0 saturated carbocycles. The second-order valence-corrected chi connectivity index (χ2v) is 9.29. The molecule has 2 N–H and O–H groups in total. The average molecular weight is 428 g/mol. The summed E-state index contributed by atoms with van der Waals surface area (Å²) < 4.78 is 8.12. The van der Waals surface area contributed by atoms with Crippen molar-refractivity contribution >= 4 is 32.6 Å². The zero-order chi connectivity index (χ0) is 20.9. The molecule has 1 amide bonds. The Kier molecular flexibility index (Phi) is 4.76. The lowest BCUT2D eigenvalue weighted by Crippen LogP contribution is -2.52. The third-order valence-electron chi connectivity index (χ3n) is 6.32. The molecule has 2 atom stereocenters. The van der Waals surface area contributed by atoms with E-state index in [9.17, 15) is 9.90 Å². The molecule has 158 valence electrons. The third kappa shape index (κ3) is 3.36. The number of amides is 1. The molecule has 5 rings (SSSR count). The van der Waals surface area contributed by atoms with Crippen LogP contribution in [0.2, 0.25) is 0 Å². The summed E-state index contributed by atoms with van der Waals surface area (Å²) in [5.74, 6) is 1.42. The topological polar surface area (TPSA) is 92.5 Å². The highest BCUT2D eigenvalue weighted by Crippen LogP contribution is 2.45. The van der Waals surface area contributed by atoms with Gasteiger partial charge in [0.05, 0.1) is 23.9 Å². The van der Waals surface area contributed by atoms with E-state index in [0.29, 0.717) is 30.3 Å². The number of carbonyl (C=O) groups is 1. The van der Waals surface area contributed by atoms with Crippen molar-refractivity contribution in [3.63, 3.8) is 0 Å². The Morgan fingerprint density at radius 3 is 2.80 bits per heavy atom. The highest BCUT2D eigenvalue weighted by atomic mass is 32.1. The summed E-state index contributed by atoms with van der Waals surface area (Å²) in [5, 5.41) is 14.8. The summed E-state index contributed by atoms with van der Waals surface area (Å²) in [7, 11) is 3.54. The number of ether oxygens (including phenoxy) is 1. The molecule has 9 heteroatoms. The van der Waals surface area contributed by atoms with Crippen LogP contribution in [0.4, 0.5) is 5.13 Å². The van der Waals surface area contributed by atoms with E-state index in [2.05, 4.69) is 20.2 Å². The highest BCUT2D eigenvalue weighted by molar-refractivity contribution is 7.22. The summed E-state index contributed by atoms with van der Waals surface area (Å²) in [4.78, 5) is 23.9. The van der Waals surface area contributed by atoms with Gasteiger partial charge in [0.2, 0.25) is 5.91 Å². The second-order valence-electron chi connectivity index (χ2n) is 8.26. The molecule has 8 nitrogen and oxygen atoms in total. The third-order valence-corrected chi connectivity index (χ3v) is 7.26. The van der Waals surface area contributed by atoms with Crippen LogP contribution >= 0.6 is 11.3 Å². The number of anilines is 1. The number of imidazole rings is 1. The maximum Gasteiger partial charge on any atom is 0.240 e. The number of methoxy groups -OCH3 is 1. The Hall–Kier alpha value is -2.49. The fourth-order valence-electron chi connectivity index (χ4n) is 4.98. The average Bonchev–Trinajstić information content (AvgIpc) is 3.38. The molecule has 2 aliphatic rings. The van der Waals surface area contributed by atoms with Crippen LogP contribution < -0.4 is 10.1 Å². The van der Waals surface area contributed by atoms with Crippen LogP contribution in [-0.4, -0.2) is 56.2 Å². The van der Waals surface area contributed by atoms with Crippen LogP contribution in [0.15, 0.2) is 30.6 Å². The van der Waals surface area contributed by atoms with Gasteiger partial charge in [-0.1, -0.05) is 11.3 Å². The summed E-state index contributed by atoms with van der Waals surface area (Å²) in [6.07, 6.45) is 6.77. The molecule has 1 aromatic carbocycles. The molecule has 0 spiro atoms. The van der Waals surface area contributed by atoms with Crippen molar-refractivity contribution in [2.45, 2.75) is 43.4 Å². The van der Waals surface area contributed by atoms with Gasteiger partial charge in [0, 0.05) is 31.5 Å². The number of hydrogen-bond acceptors (Lipinski definition) is 7. The van der Waals surface area contributed by atoms with Gasteiger partial charge in [-0.3, -0.25) is 9.69 Å². The quantitative estimate of drug-likeness (QED) is 0.650. The Bertz CT molecular complexity index is 1080. The number of aryl methyl sites for hydroxylation is 1. The van der Waals surface area contributed by atoms with Crippen molar-refractivity contribution in [2.24, 2.45) is 7.05 Å². The van der Waals surface area contributed by atoms with Crippen molar-refractivity contribution in [2.75, 3.05) is 19.0 Å². The van der Waals surface area contributed by atoms with Gasteiger partial charge in [0.25, 0.3) is 0 Å². The number of aliphatic hydroxyl groups is 1. The number of nitrogens with zero attached hydrogens (tertiary/aromatic N) is 4. The lowest BCUT2D eigenvalue weighted by molar-refractivity contribution is -0.121. The van der Waals surface area contributed by atoms with Crippen molar-refractivity contribution < 1.29 is 14.6 Å². The predicted molar refractivity (Wildman–Crippen MR) is 115 cm³/mol. The van der Waals surface area contributed by atoms with E-state index >= 15 is 0 Å². The van der Waals surface area contributed by atoms with Crippen LogP contribution in [0, 0.1) is 0 Å². The monoisotopic (exact) mass is 427 g/mol. The zero-order valence-electron chi connectivity index (χ0n) is 17.0. The molecular formula is C21H25N5O3S. The van der Waals surface area contributed by atoms with Crippen LogP contribution in [0.3, 0.4) is 0 Å². The molecular weight excluding hydrogens is 402 g/mol. The van der Waals surface area contributed by atoms with E-state index in [0.717, 1.165) is 28.8 Å². The van der Waals surface area contributed by atoms with Gasteiger partial charge < -0.3 is 19.7 Å². The Morgan fingerprint density at radius 2 is 2.13 bits per heavy atom. The Morgan fingerprint density at radius 1 is 1.37 bits per heavy atom. The van der Waals surface area contributed by atoms with Gasteiger partial charge in [-0.15, -0.1) is 0 Å². The molecule has 2 aliphatic heterocycles. The smallest absolute Gasteiger partial charge is 0.240 e. The van der Waals surface area contributed by atoms with Gasteiger partial charge >= 0.3 is 0 Å². The van der Waals surface area contributed by atoms with E-state index < -0.39 is 5.60 Å². The van der Waals surface area contributed by atoms with E-state index in [1.807, 2.05) is 36.0 Å². The number of hydrogen-bond donors (Lipinski definition) is 2. The number of benzene rings is 1. The van der Waals surface area contributed by atoms with E-state index in [1.54, 1.807) is 13.3 Å². The van der Waals surface area contributed by atoms with E-state index in [1.165, 1.54) is 11.3 Å². The number of aromatic nitrogens is 3. The molecule has 30 heavy (non-hydrogen) atoms. The van der Waals surface area contributed by atoms with Crippen LogP contribution in [0.5, 0.6) is 5.75 Å². The number of rotatable bonds is 5. The van der Waals surface area contributed by atoms with E-state index in [-0.39, 0.29) is 18.0 Å². The molecule has 2 saturated heterocycles. The van der Waals surface area contributed by atoms with Crippen molar-refractivity contribution in [1.82, 2.24) is 19.4 Å². The lowest BCUT2D eigenvalue weighted by atomic mass is 9.85. The first-order valence-corrected chi connectivity index (χ1v) is 11.0. The summed E-state index contributed by atoms with van der Waals surface area (Å²) in [6.45, 7) is 0.311. The maximum absolute atomic E-state index is 12.8. The van der Waals surface area contributed by atoms with Crippen LogP contribution in [0.25, 0.3) is 10.2 Å². The Labute approximate surface area is 178 Å². The van der Waals surface area contributed by atoms with Gasteiger partial charge in [0.15, 0.2) is 5.13 Å². The first-order valence-electron chi connectivity index (χ1n) is 10.2. The normalized spacial score (nSPS) is 26.2. The molecule has 3 aromatic rings. The number of thiazole rings is 1. The fourth-order valence-corrected chi connectivity index (χ4v) is 5.89. The predicted octanol–water partition coefficient (Wildman–Crippen LogP) is 2.49. The van der Waals surface area contributed by atoms with Crippen LogP contribution in [-0.2, 0) is 17.4 Å². The molecule has 0 aliphatic carbocycles. The van der Waals surface area contributed by atoms with Gasteiger partial charge in [-0.05, 0) is 43.9 Å². The molecule has 4 heterocycles. The minimum atomic E-state index is -0.927. The van der Waals surface area contributed by atoms with Gasteiger partial charge in [-0.25, -0.2) is 9.97 Å². The first kappa shape index (κ1) is 19.5. The molecule has 0 radical (unpaired) electrons. The first-order chi connectivity index (χ1) is 14.4. The summed E-state index contributed by atoms with van der Waals surface area (Å²) in [6, 6.07) is 6.03. The standard InChI is InChI=1S/C21H25N5O3S/c1-25-8-7-22-19(25)21(28)10-13-3-4-14(11-21)26(13)12-18(27)24-20-23-16-6-5-15(29-2)9-17(16)30-20/h5-9,13-14,28H,3-4,10-12H2,1-2H3,(H,23,24,27). The highest BCUT2D eigenvalue weighted by Gasteiger charge is 2.50. The number of nitrogens with one attached hydrogen (secondary N) is 1. The maximum atomic E-state index is 12.8. The molecule has 2 aromatic heterocycles. The Balaban J connectivity index is 1.27. The van der Waals surface area contributed by atoms with E-state index in [4.69, 9.17) is 4.74 Å². The number of carbonyl (C=O) groups excluding carboxylic acids is 1. The lowest BCUT2D eigenvalue weighted by Gasteiger charge is -2.43. The number of piperidine rings is 1. The SMILES string of the molecule is COc1ccc2nc(NC(=O)CN3C4CCC3CC(O)(c3nccn3C)C4)sc2c1. The van der Waals surface area contributed by atoms with Gasteiger partial charge in [-0.2, -0.15) is 0 Å². The molecule has 2 fully saturated rings. The largest absolute Gasteiger partial charge is 0.497 e. The minimum Gasteiger partial charge on any atom is -0.497 e. The van der Waals surface area contributed by atoms with Gasteiger partial charge in [0.1, 0.15) is 17.2 Å². The fraction of sp³-hybridized carbons (Fsp3) is 0.476. The second kappa shape index (κ2) is 7.33. The summed E-state index contributed by atoms with van der Waals surface area (Å²) >= 11 is 1.44. The molecule has 2 unspecified atom stereocenters. The van der Waals surface area contributed by atoms with Crippen LogP contribution in [0.1, 0.15) is 31.5 Å². The number of fused-ring (bicyclic) bond motifs is 3.